The van der Waals surface area contributed by atoms with Gasteiger partial charge in [0.1, 0.15) is 5.69 Å². The number of hydrogen-bond acceptors (Lipinski definition) is 4. The average Bonchev–Trinajstić information content (AvgIpc) is 2.55. The Balaban J connectivity index is 2.00. The second-order valence-electron chi connectivity index (χ2n) is 5.78. The van der Waals surface area contributed by atoms with E-state index in [2.05, 4.69) is 29.5 Å². The van der Waals surface area contributed by atoms with Crippen molar-refractivity contribution in [2.45, 2.75) is 26.3 Å². The molecule has 0 saturated heterocycles. The quantitative estimate of drug-likeness (QED) is 0.855. The van der Waals surface area contributed by atoms with Crippen LogP contribution in [0.15, 0.2) is 42.6 Å². The standard InChI is InChI=1S/C18H24N4O/c1-5-13(2)20-15-8-11-17(19-12-15)18(23)21-14-6-9-16(10-7-14)22(3)4/h6-13,20H,5H2,1-4H3,(H,21,23). The fourth-order valence-corrected chi connectivity index (χ4v) is 2.04. The van der Waals surface area contributed by atoms with Crippen molar-refractivity contribution in [3.8, 4) is 0 Å². The molecule has 0 aliphatic rings. The lowest BCUT2D eigenvalue weighted by Gasteiger charge is -2.13. The van der Waals surface area contributed by atoms with Crippen LogP contribution in [0.3, 0.4) is 0 Å². The summed E-state index contributed by atoms with van der Waals surface area (Å²) < 4.78 is 0. The summed E-state index contributed by atoms with van der Waals surface area (Å²) in [7, 11) is 3.96. The van der Waals surface area contributed by atoms with Gasteiger partial charge in [0, 0.05) is 31.5 Å². The predicted octanol–water partition coefficient (Wildman–Crippen LogP) is 3.61. The van der Waals surface area contributed by atoms with Gasteiger partial charge in [-0.3, -0.25) is 4.79 Å². The van der Waals surface area contributed by atoms with Gasteiger partial charge in [-0.05, 0) is 49.7 Å². The monoisotopic (exact) mass is 312 g/mol. The van der Waals surface area contributed by atoms with Crippen LogP contribution in [-0.2, 0) is 0 Å². The first kappa shape index (κ1) is 16.8. The highest BCUT2D eigenvalue weighted by atomic mass is 16.1. The molecule has 2 aromatic rings. The molecule has 0 saturated carbocycles. The minimum Gasteiger partial charge on any atom is -0.381 e. The highest BCUT2D eigenvalue weighted by Crippen LogP contribution is 2.16. The molecule has 1 aromatic carbocycles. The van der Waals surface area contributed by atoms with E-state index in [1.165, 1.54) is 0 Å². The third-order valence-corrected chi connectivity index (χ3v) is 3.66. The smallest absolute Gasteiger partial charge is 0.274 e. The Morgan fingerprint density at radius 2 is 1.78 bits per heavy atom. The zero-order valence-corrected chi connectivity index (χ0v) is 14.1. The summed E-state index contributed by atoms with van der Waals surface area (Å²) in [5.74, 6) is -0.210. The van der Waals surface area contributed by atoms with Crippen LogP contribution in [0.5, 0.6) is 0 Å². The summed E-state index contributed by atoms with van der Waals surface area (Å²) in [6, 6.07) is 11.7. The maximum atomic E-state index is 12.2. The number of hydrogen-bond donors (Lipinski definition) is 2. The average molecular weight is 312 g/mol. The highest BCUT2D eigenvalue weighted by molar-refractivity contribution is 6.03. The molecule has 1 aromatic heterocycles. The zero-order chi connectivity index (χ0) is 16.8. The van der Waals surface area contributed by atoms with E-state index < -0.39 is 0 Å². The third kappa shape index (κ3) is 4.71. The van der Waals surface area contributed by atoms with E-state index in [1.54, 1.807) is 12.3 Å². The van der Waals surface area contributed by atoms with E-state index in [-0.39, 0.29) is 5.91 Å². The number of rotatable bonds is 6. The number of aromatic nitrogens is 1. The lowest BCUT2D eigenvalue weighted by atomic mass is 10.2. The Bertz CT molecular complexity index is 635. The first-order valence-corrected chi connectivity index (χ1v) is 7.81. The van der Waals surface area contributed by atoms with Gasteiger partial charge >= 0.3 is 0 Å². The number of carbonyl (C=O) groups is 1. The topological polar surface area (TPSA) is 57.3 Å². The molecular weight excluding hydrogens is 288 g/mol. The second-order valence-corrected chi connectivity index (χ2v) is 5.78. The molecular formula is C18H24N4O. The number of nitrogens with zero attached hydrogens (tertiary/aromatic N) is 2. The summed E-state index contributed by atoms with van der Waals surface area (Å²) in [4.78, 5) is 18.5. The first-order chi connectivity index (χ1) is 11.0. The van der Waals surface area contributed by atoms with E-state index in [0.717, 1.165) is 23.5 Å². The molecule has 1 atom stereocenters. The number of carbonyl (C=O) groups excluding carboxylic acids is 1. The van der Waals surface area contributed by atoms with Crippen molar-refractivity contribution in [1.82, 2.24) is 4.98 Å². The van der Waals surface area contributed by atoms with Gasteiger partial charge in [-0.1, -0.05) is 6.92 Å². The largest absolute Gasteiger partial charge is 0.381 e. The van der Waals surface area contributed by atoms with Gasteiger partial charge in [0.2, 0.25) is 0 Å². The maximum absolute atomic E-state index is 12.2. The van der Waals surface area contributed by atoms with Crippen LogP contribution >= 0.6 is 0 Å². The minimum absolute atomic E-state index is 0.210. The minimum atomic E-state index is -0.210. The summed E-state index contributed by atoms with van der Waals surface area (Å²) in [5.41, 5.74) is 3.16. The molecule has 0 bridgehead atoms. The Labute approximate surface area is 137 Å². The van der Waals surface area contributed by atoms with E-state index >= 15 is 0 Å². The molecule has 5 nitrogen and oxygen atoms in total. The number of pyridine rings is 1. The van der Waals surface area contributed by atoms with Gasteiger partial charge in [0.25, 0.3) is 5.91 Å². The third-order valence-electron chi connectivity index (χ3n) is 3.66. The van der Waals surface area contributed by atoms with Gasteiger partial charge < -0.3 is 15.5 Å². The van der Waals surface area contributed by atoms with Crippen LogP contribution in [0.4, 0.5) is 17.1 Å². The van der Waals surface area contributed by atoms with Crippen LogP contribution in [0, 0.1) is 0 Å². The molecule has 0 spiro atoms. The van der Waals surface area contributed by atoms with Crippen molar-refractivity contribution in [2.24, 2.45) is 0 Å². The molecule has 23 heavy (non-hydrogen) atoms. The molecule has 5 heteroatoms. The van der Waals surface area contributed by atoms with Crippen molar-refractivity contribution < 1.29 is 4.79 Å². The van der Waals surface area contributed by atoms with E-state index in [4.69, 9.17) is 0 Å². The summed E-state index contributed by atoms with van der Waals surface area (Å²) in [5, 5.41) is 6.18. The lowest BCUT2D eigenvalue weighted by molar-refractivity contribution is 0.102. The first-order valence-electron chi connectivity index (χ1n) is 7.81. The van der Waals surface area contributed by atoms with Gasteiger partial charge in [-0.2, -0.15) is 0 Å². The maximum Gasteiger partial charge on any atom is 0.274 e. The Morgan fingerprint density at radius 1 is 1.13 bits per heavy atom. The van der Waals surface area contributed by atoms with Crippen LogP contribution in [0.25, 0.3) is 0 Å². The summed E-state index contributed by atoms with van der Waals surface area (Å²) >= 11 is 0. The van der Waals surface area contributed by atoms with Crippen LogP contribution in [-0.4, -0.2) is 31.0 Å². The fourth-order valence-electron chi connectivity index (χ4n) is 2.04. The zero-order valence-electron chi connectivity index (χ0n) is 14.1. The molecule has 0 aliphatic heterocycles. The fraction of sp³-hybridized carbons (Fsp3) is 0.333. The van der Waals surface area contributed by atoms with Crippen molar-refractivity contribution in [1.29, 1.82) is 0 Å². The molecule has 1 unspecified atom stereocenters. The molecule has 2 N–H and O–H groups in total. The van der Waals surface area contributed by atoms with Gasteiger partial charge in [-0.15, -0.1) is 0 Å². The molecule has 1 heterocycles. The molecule has 0 radical (unpaired) electrons. The number of anilines is 3. The Hall–Kier alpha value is -2.56. The lowest BCUT2D eigenvalue weighted by Crippen LogP contribution is -2.16. The van der Waals surface area contributed by atoms with Crippen molar-refractivity contribution >= 4 is 23.0 Å². The van der Waals surface area contributed by atoms with Crippen LogP contribution in [0.1, 0.15) is 30.8 Å². The molecule has 2 rings (SSSR count). The summed E-state index contributed by atoms with van der Waals surface area (Å²) in [6.45, 7) is 4.23. The van der Waals surface area contributed by atoms with Gasteiger partial charge in [0.15, 0.2) is 0 Å². The van der Waals surface area contributed by atoms with Crippen LogP contribution in [0.2, 0.25) is 0 Å². The summed E-state index contributed by atoms with van der Waals surface area (Å²) in [6.07, 6.45) is 2.72. The van der Waals surface area contributed by atoms with Gasteiger partial charge in [-0.25, -0.2) is 4.98 Å². The molecule has 0 aliphatic carbocycles. The normalized spacial score (nSPS) is 11.7. The van der Waals surface area contributed by atoms with Crippen molar-refractivity contribution in [2.75, 3.05) is 29.6 Å². The number of amides is 1. The van der Waals surface area contributed by atoms with E-state index in [9.17, 15) is 4.79 Å². The number of nitrogens with one attached hydrogen (secondary N) is 2. The Kier molecular flexibility index (Phi) is 5.57. The van der Waals surface area contributed by atoms with Crippen molar-refractivity contribution in [3.63, 3.8) is 0 Å². The van der Waals surface area contributed by atoms with Crippen molar-refractivity contribution in [3.05, 3.63) is 48.3 Å². The molecule has 122 valence electrons. The molecule has 0 fully saturated rings. The predicted molar refractivity (Wildman–Crippen MR) is 96.3 cm³/mol. The Morgan fingerprint density at radius 3 is 2.30 bits per heavy atom. The van der Waals surface area contributed by atoms with E-state index in [1.807, 2.05) is 49.3 Å². The van der Waals surface area contributed by atoms with Gasteiger partial charge in [0.05, 0.1) is 11.9 Å². The highest BCUT2D eigenvalue weighted by Gasteiger charge is 2.08. The SMILES string of the molecule is CCC(C)Nc1ccc(C(=O)Nc2ccc(N(C)C)cc2)nc1. The van der Waals surface area contributed by atoms with Crippen LogP contribution < -0.4 is 15.5 Å². The number of benzene rings is 1. The van der Waals surface area contributed by atoms with E-state index in [0.29, 0.717) is 11.7 Å². The molecule has 1 amide bonds. The second kappa shape index (κ2) is 7.63.